The second kappa shape index (κ2) is 3.97. The number of para-hydroxylation sites is 2. The summed E-state index contributed by atoms with van der Waals surface area (Å²) in [6, 6.07) is 10.3. The van der Waals surface area contributed by atoms with Crippen molar-refractivity contribution < 1.29 is 0 Å². The smallest absolute Gasteiger partial charge is 0.127 e. The van der Waals surface area contributed by atoms with E-state index in [1.807, 2.05) is 49.7 Å². The van der Waals surface area contributed by atoms with Gasteiger partial charge in [0.15, 0.2) is 0 Å². The number of benzene rings is 1. The standard InChI is InChI=1S/C13H15N3/c1-9(2)10(8-14)13-15-11-6-4-5-7-12(11)16(13)3/h4-7,9-10H,1-3H3. The molecular weight excluding hydrogens is 198 g/mol. The highest BCUT2D eigenvalue weighted by Gasteiger charge is 2.21. The molecule has 2 aromatic rings. The highest BCUT2D eigenvalue weighted by Crippen LogP contribution is 2.25. The molecule has 1 unspecified atom stereocenters. The van der Waals surface area contributed by atoms with Gasteiger partial charge in [-0.2, -0.15) is 5.26 Å². The molecule has 3 nitrogen and oxygen atoms in total. The van der Waals surface area contributed by atoms with Crippen molar-refractivity contribution in [1.82, 2.24) is 9.55 Å². The quantitative estimate of drug-likeness (QED) is 0.769. The van der Waals surface area contributed by atoms with Crippen LogP contribution < -0.4 is 0 Å². The summed E-state index contributed by atoms with van der Waals surface area (Å²) in [7, 11) is 1.97. The van der Waals surface area contributed by atoms with E-state index in [9.17, 15) is 5.26 Å². The lowest BCUT2D eigenvalue weighted by Gasteiger charge is -2.12. The van der Waals surface area contributed by atoms with Crippen molar-refractivity contribution in [2.45, 2.75) is 19.8 Å². The number of fused-ring (bicyclic) bond motifs is 1. The molecule has 3 heteroatoms. The van der Waals surface area contributed by atoms with E-state index in [0.717, 1.165) is 16.9 Å². The zero-order chi connectivity index (χ0) is 11.7. The van der Waals surface area contributed by atoms with Crippen molar-refractivity contribution in [3.05, 3.63) is 30.1 Å². The van der Waals surface area contributed by atoms with Crippen molar-refractivity contribution in [1.29, 1.82) is 5.26 Å². The molecule has 16 heavy (non-hydrogen) atoms. The van der Waals surface area contributed by atoms with Crippen LogP contribution >= 0.6 is 0 Å². The monoisotopic (exact) mass is 213 g/mol. The van der Waals surface area contributed by atoms with Crippen LogP contribution in [0, 0.1) is 17.2 Å². The minimum absolute atomic E-state index is 0.141. The SMILES string of the molecule is CC(C)C(C#N)c1nc2ccccc2n1C. The molecule has 0 radical (unpaired) electrons. The van der Waals surface area contributed by atoms with Crippen molar-refractivity contribution in [2.75, 3.05) is 0 Å². The Morgan fingerprint density at radius 2 is 2.00 bits per heavy atom. The van der Waals surface area contributed by atoms with Crippen LogP contribution in [0.1, 0.15) is 25.6 Å². The Kier molecular flexibility index (Phi) is 2.66. The van der Waals surface area contributed by atoms with Gasteiger partial charge in [0.2, 0.25) is 0 Å². The molecule has 82 valence electrons. The van der Waals surface area contributed by atoms with Gasteiger partial charge in [0.05, 0.1) is 17.1 Å². The van der Waals surface area contributed by atoms with E-state index in [1.165, 1.54) is 0 Å². The van der Waals surface area contributed by atoms with Crippen LogP contribution in [0.5, 0.6) is 0 Å². The normalized spacial score (nSPS) is 12.9. The zero-order valence-corrected chi connectivity index (χ0v) is 9.81. The third kappa shape index (κ3) is 1.57. The lowest BCUT2D eigenvalue weighted by Crippen LogP contribution is -2.10. The predicted molar refractivity (Wildman–Crippen MR) is 63.9 cm³/mol. The molecule has 0 aliphatic carbocycles. The zero-order valence-electron chi connectivity index (χ0n) is 9.81. The Balaban J connectivity index is 2.62. The van der Waals surface area contributed by atoms with Gasteiger partial charge in [-0.25, -0.2) is 4.98 Å². The number of aromatic nitrogens is 2. The molecular formula is C13H15N3. The summed E-state index contributed by atoms with van der Waals surface area (Å²) >= 11 is 0. The number of aryl methyl sites for hydroxylation is 1. The van der Waals surface area contributed by atoms with E-state index < -0.39 is 0 Å². The first-order chi connectivity index (χ1) is 7.65. The van der Waals surface area contributed by atoms with Crippen molar-refractivity contribution in [3.63, 3.8) is 0 Å². The molecule has 0 aliphatic heterocycles. The molecule has 0 saturated heterocycles. The molecule has 1 aromatic carbocycles. The maximum Gasteiger partial charge on any atom is 0.127 e. The van der Waals surface area contributed by atoms with E-state index in [-0.39, 0.29) is 11.8 Å². The molecule has 1 aromatic heterocycles. The molecule has 0 amide bonds. The molecule has 0 aliphatic rings. The number of hydrogen-bond acceptors (Lipinski definition) is 2. The van der Waals surface area contributed by atoms with Crippen molar-refractivity contribution in [3.8, 4) is 6.07 Å². The molecule has 1 heterocycles. The molecule has 0 N–H and O–H groups in total. The summed E-state index contributed by atoms with van der Waals surface area (Å²) in [5.74, 6) is 0.997. The molecule has 0 fully saturated rings. The Hall–Kier alpha value is -1.82. The Labute approximate surface area is 95.3 Å². The van der Waals surface area contributed by atoms with Crippen molar-refractivity contribution in [2.24, 2.45) is 13.0 Å². The van der Waals surface area contributed by atoms with Gasteiger partial charge in [0.25, 0.3) is 0 Å². The molecule has 0 saturated carbocycles. The number of hydrogen-bond donors (Lipinski definition) is 0. The van der Waals surface area contributed by atoms with Crippen LogP contribution in [0.25, 0.3) is 11.0 Å². The van der Waals surface area contributed by atoms with E-state index in [0.29, 0.717) is 0 Å². The third-order valence-corrected chi connectivity index (χ3v) is 2.91. The fraction of sp³-hybridized carbons (Fsp3) is 0.385. The van der Waals surface area contributed by atoms with Crippen LogP contribution in [0.4, 0.5) is 0 Å². The summed E-state index contributed by atoms with van der Waals surface area (Å²) in [5, 5.41) is 9.20. The first-order valence-electron chi connectivity index (χ1n) is 5.46. The van der Waals surface area contributed by atoms with Gasteiger partial charge in [0.1, 0.15) is 11.7 Å². The first-order valence-corrected chi connectivity index (χ1v) is 5.46. The predicted octanol–water partition coefficient (Wildman–Crippen LogP) is 2.84. The van der Waals surface area contributed by atoms with E-state index in [2.05, 4.69) is 11.1 Å². The minimum atomic E-state index is -0.141. The van der Waals surface area contributed by atoms with Gasteiger partial charge >= 0.3 is 0 Å². The van der Waals surface area contributed by atoms with Crippen LogP contribution in [-0.4, -0.2) is 9.55 Å². The highest BCUT2D eigenvalue weighted by molar-refractivity contribution is 5.76. The summed E-state index contributed by atoms with van der Waals surface area (Å²) < 4.78 is 2.02. The van der Waals surface area contributed by atoms with Crippen LogP contribution in [0.2, 0.25) is 0 Å². The van der Waals surface area contributed by atoms with Crippen LogP contribution in [-0.2, 0) is 7.05 Å². The summed E-state index contributed by atoms with van der Waals surface area (Å²) in [6.45, 7) is 4.10. The second-order valence-corrected chi connectivity index (χ2v) is 4.37. The van der Waals surface area contributed by atoms with Crippen LogP contribution in [0.15, 0.2) is 24.3 Å². The summed E-state index contributed by atoms with van der Waals surface area (Å²) in [4.78, 5) is 4.55. The number of nitriles is 1. The largest absolute Gasteiger partial charge is 0.330 e. The average molecular weight is 213 g/mol. The summed E-state index contributed by atoms with van der Waals surface area (Å²) in [5.41, 5.74) is 2.04. The van der Waals surface area contributed by atoms with Gasteiger partial charge in [-0.3, -0.25) is 0 Å². The fourth-order valence-corrected chi connectivity index (χ4v) is 1.95. The number of rotatable bonds is 2. The van der Waals surface area contributed by atoms with Gasteiger partial charge < -0.3 is 4.57 Å². The Morgan fingerprint density at radius 1 is 1.31 bits per heavy atom. The Bertz CT molecular complexity index is 546. The number of nitrogens with zero attached hydrogens (tertiary/aromatic N) is 3. The molecule has 1 atom stereocenters. The van der Waals surface area contributed by atoms with E-state index in [4.69, 9.17) is 0 Å². The number of imidazole rings is 1. The maximum atomic E-state index is 9.20. The fourth-order valence-electron chi connectivity index (χ4n) is 1.95. The average Bonchev–Trinajstić information content (AvgIpc) is 2.58. The highest BCUT2D eigenvalue weighted by atomic mass is 15.1. The molecule has 0 bridgehead atoms. The van der Waals surface area contributed by atoms with Gasteiger partial charge in [-0.15, -0.1) is 0 Å². The lowest BCUT2D eigenvalue weighted by molar-refractivity contribution is 0.549. The van der Waals surface area contributed by atoms with E-state index >= 15 is 0 Å². The second-order valence-electron chi connectivity index (χ2n) is 4.37. The molecule has 2 rings (SSSR count). The van der Waals surface area contributed by atoms with Gasteiger partial charge in [-0.1, -0.05) is 26.0 Å². The molecule has 0 spiro atoms. The van der Waals surface area contributed by atoms with Crippen molar-refractivity contribution >= 4 is 11.0 Å². The third-order valence-electron chi connectivity index (χ3n) is 2.91. The van der Waals surface area contributed by atoms with Gasteiger partial charge in [0, 0.05) is 7.05 Å². The first kappa shape index (κ1) is 10.7. The van der Waals surface area contributed by atoms with E-state index in [1.54, 1.807) is 0 Å². The minimum Gasteiger partial charge on any atom is -0.330 e. The summed E-state index contributed by atoms with van der Waals surface area (Å²) in [6.07, 6.45) is 0. The Morgan fingerprint density at radius 3 is 2.56 bits per heavy atom. The lowest BCUT2D eigenvalue weighted by atomic mass is 9.97. The van der Waals surface area contributed by atoms with Crippen LogP contribution in [0.3, 0.4) is 0 Å². The maximum absolute atomic E-state index is 9.20. The topological polar surface area (TPSA) is 41.6 Å². The van der Waals surface area contributed by atoms with Gasteiger partial charge in [-0.05, 0) is 18.1 Å².